The average molecular weight is 297 g/mol. The van der Waals surface area contributed by atoms with E-state index in [0.717, 1.165) is 19.3 Å². The van der Waals surface area contributed by atoms with E-state index >= 15 is 0 Å². The van der Waals surface area contributed by atoms with Crippen molar-refractivity contribution in [3.8, 4) is 5.75 Å². The first-order chi connectivity index (χ1) is 9.67. The van der Waals surface area contributed by atoms with Crippen LogP contribution in [0.2, 0.25) is 5.02 Å². The van der Waals surface area contributed by atoms with Crippen LogP contribution in [0.1, 0.15) is 39.5 Å². The second-order valence-electron chi connectivity index (χ2n) is 4.43. The maximum atomic E-state index is 12.0. The largest absolute Gasteiger partial charge is 0.481 e. The molecule has 0 bridgehead atoms. The van der Waals surface area contributed by atoms with Gasteiger partial charge in [0.25, 0.3) is 5.91 Å². The average Bonchev–Trinajstić information content (AvgIpc) is 2.45. The number of rotatable bonds is 8. The van der Waals surface area contributed by atoms with E-state index in [-0.39, 0.29) is 5.91 Å². The van der Waals surface area contributed by atoms with Gasteiger partial charge in [-0.25, -0.2) is 5.43 Å². The van der Waals surface area contributed by atoms with Crippen LogP contribution in [0.15, 0.2) is 29.4 Å². The molecular weight excluding hydrogens is 276 g/mol. The van der Waals surface area contributed by atoms with Gasteiger partial charge in [-0.15, -0.1) is 0 Å². The number of hydrogen-bond donors (Lipinski definition) is 1. The normalized spacial score (nSPS) is 12.3. The van der Waals surface area contributed by atoms with Crippen LogP contribution in [-0.2, 0) is 4.79 Å². The van der Waals surface area contributed by atoms with Crippen molar-refractivity contribution in [1.29, 1.82) is 0 Å². The van der Waals surface area contributed by atoms with Crippen LogP contribution in [-0.4, -0.2) is 18.2 Å². The minimum absolute atomic E-state index is 0.228. The molecule has 1 aromatic rings. The second kappa shape index (κ2) is 9.37. The lowest BCUT2D eigenvalue weighted by atomic mass is 10.2. The standard InChI is InChI=1S/C15H21ClN2O2/c1-3-5-11-17-18-15(19)14(6-4-2)20-13-9-7-12(16)8-10-13/h7-11,14H,3-6H2,1-2H3,(H,18,19). The molecule has 1 aromatic carbocycles. The van der Waals surface area contributed by atoms with Gasteiger partial charge in [0.2, 0.25) is 0 Å². The Labute approximate surface area is 125 Å². The number of hydrazone groups is 1. The number of hydrogen-bond acceptors (Lipinski definition) is 3. The van der Waals surface area contributed by atoms with Crippen molar-refractivity contribution in [3.63, 3.8) is 0 Å². The van der Waals surface area contributed by atoms with Crippen LogP contribution in [0.25, 0.3) is 0 Å². The molecule has 1 N–H and O–H groups in total. The Morgan fingerprint density at radius 1 is 1.35 bits per heavy atom. The predicted octanol–water partition coefficient (Wildman–Crippen LogP) is 3.79. The van der Waals surface area contributed by atoms with E-state index < -0.39 is 6.10 Å². The van der Waals surface area contributed by atoms with Crippen molar-refractivity contribution in [1.82, 2.24) is 5.43 Å². The van der Waals surface area contributed by atoms with Crippen LogP contribution < -0.4 is 10.2 Å². The van der Waals surface area contributed by atoms with E-state index in [1.165, 1.54) is 0 Å². The number of carbonyl (C=O) groups excluding carboxylic acids is 1. The maximum absolute atomic E-state index is 12.0. The number of benzene rings is 1. The number of carbonyl (C=O) groups is 1. The zero-order valence-corrected chi connectivity index (χ0v) is 12.7. The van der Waals surface area contributed by atoms with Gasteiger partial charge in [-0.3, -0.25) is 4.79 Å². The van der Waals surface area contributed by atoms with Gasteiger partial charge < -0.3 is 4.74 Å². The Balaban J connectivity index is 2.58. The van der Waals surface area contributed by atoms with Gasteiger partial charge in [0, 0.05) is 11.2 Å². The summed E-state index contributed by atoms with van der Waals surface area (Å²) in [7, 11) is 0. The van der Waals surface area contributed by atoms with Crippen molar-refractivity contribution in [2.75, 3.05) is 0 Å². The lowest BCUT2D eigenvalue weighted by Crippen LogP contribution is -2.35. The zero-order chi connectivity index (χ0) is 14.8. The summed E-state index contributed by atoms with van der Waals surface area (Å²) >= 11 is 5.82. The van der Waals surface area contributed by atoms with Crippen molar-refractivity contribution in [2.45, 2.75) is 45.6 Å². The van der Waals surface area contributed by atoms with Crippen molar-refractivity contribution < 1.29 is 9.53 Å². The van der Waals surface area contributed by atoms with Gasteiger partial charge in [0.15, 0.2) is 6.10 Å². The molecule has 20 heavy (non-hydrogen) atoms. The van der Waals surface area contributed by atoms with E-state index in [0.29, 0.717) is 17.2 Å². The lowest BCUT2D eigenvalue weighted by molar-refractivity contribution is -0.128. The highest BCUT2D eigenvalue weighted by Crippen LogP contribution is 2.18. The molecule has 0 radical (unpaired) electrons. The van der Waals surface area contributed by atoms with Gasteiger partial charge >= 0.3 is 0 Å². The highest BCUT2D eigenvalue weighted by atomic mass is 35.5. The number of nitrogens with zero attached hydrogens (tertiary/aromatic N) is 1. The highest BCUT2D eigenvalue weighted by Gasteiger charge is 2.19. The Hall–Kier alpha value is -1.55. The third kappa shape index (κ3) is 6.06. The summed E-state index contributed by atoms with van der Waals surface area (Å²) in [6.45, 7) is 4.06. The third-order valence-electron chi connectivity index (χ3n) is 2.62. The van der Waals surface area contributed by atoms with E-state index in [1.54, 1.807) is 30.5 Å². The molecule has 0 fully saturated rings. The summed E-state index contributed by atoms with van der Waals surface area (Å²) < 4.78 is 5.68. The molecule has 110 valence electrons. The molecule has 4 nitrogen and oxygen atoms in total. The Morgan fingerprint density at radius 2 is 2.05 bits per heavy atom. The number of nitrogens with one attached hydrogen (secondary N) is 1. The Kier molecular flexibility index (Phi) is 7.73. The molecule has 0 saturated heterocycles. The predicted molar refractivity (Wildman–Crippen MR) is 82.3 cm³/mol. The SMILES string of the molecule is CCCC=NNC(=O)C(CCC)Oc1ccc(Cl)cc1. The number of amides is 1. The first-order valence-corrected chi connectivity index (χ1v) is 7.28. The minimum atomic E-state index is -0.542. The summed E-state index contributed by atoms with van der Waals surface area (Å²) in [5, 5.41) is 4.53. The third-order valence-corrected chi connectivity index (χ3v) is 2.87. The van der Waals surface area contributed by atoms with Gasteiger partial charge in [-0.2, -0.15) is 5.10 Å². The minimum Gasteiger partial charge on any atom is -0.481 e. The van der Waals surface area contributed by atoms with Crippen LogP contribution in [0.3, 0.4) is 0 Å². The molecule has 1 atom stereocenters. The fourth-order valence-corrected chi connectivity index (χ4v) is 1.68. The second-order valence-corrected chi connectivity index (χ2v) is 4.86. The van der Waals surface area contributed by atoms with Crippen LogP contribution in [0.4, 0.5) is 0 Å². The van der Waals surface area contributed by atoms with Crippen LogP contribution >= 0.6 is 11.6 Å². The molecule has 0 spiro atoms. The Morgan fingerprint density at radius 3 is 2.65 bits per heavy atom. The molecular formula is C15H21ClN2O2. The first kappa shape index (κ1) is 16.5. The molecule has 0 aliphatic heterocycles. The fraction of sp³-hybridized carbons (Fsp3) is 0.467. The number of halogens is 1. The molecule has 0 aromatic heterocycles. The number of ether oxygens (including phenoxy) is 1. The van der Waals surface area contributed by atoms with E-state index in [9.17, 15) is 4.79 Å². The maximum Gasteiger partial charge on any atom is 0.281 e. The van der Waals surface area contributed by atoms with Gasteiger partial charge in [0.05, 0.1) is 0 Å². The van der Waals surface area contributed by atoms with E-state index in [4.69, 9.17) is 16.3 Å². The van der Waals surface area contributed by atoms with Gasteiger partial charge in [0.1, 0.15) is 5.75 Å². The summed E-state index contributed by atoms with van der Waals surface area (Å²) in [5.74, 6) is 0.398. The molecule has 0 saturated carbocycles. The molecule has 0 aliphatic rings. The van der Waals surface area contributed by atoms with Gasteiger partial charge in [-0.1, -0.05) is 38.3 Å². The molecule has 0 heterocycles. The number of unbranched alkanes of at least 4 members (excludes halogenated alkanes) is 1. The molecule has 1 unspecified atom stereocenters. The summed E-state index contributed by atoms with van der Waals surface area (Å²) in [6, 6.07) is 6.96. The lowest BCUT2D eigenvalue weighted by Gasteiger charge is -2.16. The Bertz CT molecular complexity index is 432. The topological polar surface area (TPSA) is 50.7 Å². The summed E-state index contributed by atoms with van der Waals surface area (Å²) in [4.78, 5) is 12.0. The molecule has 1 amide bonds. The van der Waals surface area contributed by atoms with Crippen LogP contribution in [0.5, 0.6) is 5.75 Å². The smallest absolute Gasteiger partial charge is 0.281 e. The molecule has 1 rings (SSSR count). The van der Waals surface area contributed by atoms with Crippen LogP contribution in [0, 0.1) is 0 Å². The van der Waals surface area contributed by atoms with Crippen molar-refractivity contribution >= 4 is 23.7 Å². The summed E-state index contributed by atoms with van der Waals surface area (Å²) in [6.07, 6.45) is 4.49. The van der Waals surface area contributed by atoms with Crippen molar-refractivity contribution in [2.24, 2.45) is 5.10 Å². The molecule has 5 heteroatoms. The van der Waals surface area contributed by atoms with Crippen molar-refractivity contribution in [3.05, 3.63) is 29.3 Å². The van der Waals surface area contributed by atoms with E-state index in [2.05, 4.69) is 17.5 Å². The first-order valence-electron chi connectivity index (χ1n) is 6.91. The molecule has 0 aliphatic carbocycles. The van der Waals surface area contributed by atoms with E-state index in [1.807, 2.05) is 6.92 Å². The van der Waals surface area contributed by atoms with Gasteiger partial charge in [-0.05, 0) is 37.1 Å². The zero-order valence-electron chi connectivity index (χ0n) is 11.9. The fourth-order valence-electron chi connectivity index (χ4n) is 1.56. The highest BCUT2D eigenvalue weighted by molar-refractivity contribution is 6.30. The summed E-state index contributed by atoms with van der Waals surface area (Å²) in [5.41, 5.74) is 2.51. The quantitative estimate of drug-likeness (QED) is 0.586. The monoisotopic (exact) mass is 296 g/mol.